The number of benzene rings is 2. The van der Waals surface area contributed by atoms with E-state index in [1.165, 1.54) is 16.7 Å². The molecule has 2 heterocycles. The molecule has 0 saturated heterocycles. The van der Waals surface area contributed by atoms with E-state index in [-0.39, 0.29) is 11.6 Å². The highest BCUT2D eigenvalue weighted by molar-refractivity contribution is 6.09. The smallest absolute Gasteiger partial charge is 0.321 e. The number of fused-ring (bicyclic) bond motifs is 1. The third-order valence-electron chi connectivity index (χ3n) is 5.06. The van der Waals surface area contributed by atoms with Gasteiger partial charge in [-0.15, -0.1) is 0 Å². The Morgan fingerprint density at radius 1 is 1.03 bits per heavy atom. The fourth-order valence-electron chi connectivity index (χ4n) is 3.69. The number of nitrogens with zero attached hydrogens (tertiary/aromatic N) is 2. The number of rotatable bonds is 3. The van der Waals surface area contributed by atoms with Gasteiger partial charge in [0.1, 0.15) is 0 Å². The van der Waals surface area contributed by atoms with E-state index < -0.39 is 11.7 Å². The molecule has 30 heavy (non-hydrogen) atoms. The fraction of sp³-hybridized carbons (Fsp3) is 0.130. The zero-order chi connectivity index (χ0) is 21.5. The van der Waals surface area contributed by atoms with Gasteiger partial charge in [0.2, 0.25) is 0 Å². The number of nitrogens with one attached hydrogen (secondary N) is 1. The molecule has 0 radical (unpaired) electrons. The minimum Gasteiger partial charge on any atom is -0.321 e. The maximum Gasteiger partial charge on any atom is 0.418 e. The number of amides is 1. The predicted octanol–water partition coefficient (Wildman–Crippen LogP) is 5.91. The van der Waals surface area contributed by atoms with E-state index >= 15 is 0 Å². The van der Waals surface area contributed by atoms with Gasteiger partial charge in [-0.25, -0.2) is 0 Å². The number of hydrogen-bond donors (Lipinski definition) is 1. The van der Waals surface area contributed by atoms with Gasteiger partial charge in [0, 0.05) is 40.2 Å². The van der Waals surface area contributed by atoms with Crippen LogP contribution in [0.4, 0.5) is 18.9 Å². The molecule has 7 heteroatoms. The number of para-hydroxylation sites is 1. The topological polar surface area (TPSA) is 46.9 Å². The number of alkyl halides is 3. The van der Waals surface area contributed by atoms with Crippen LogP contribution < -0.4 is 5.32 Å². The normalized spacial score (nSPS) is 11.6. The largest absolute Gasteiger partial charge is 0.418 e. The highest BCUT2D eigenvalue weighted by atomic mass is 19.4. The van der Waals surface area contributed by atoms with Crippen LogP contribution >= 0.6 is 0 Å². The Labute approximate surface area is 171 Å². The number of pyridine rings is 1. The summed E-state index contributed by atoms with van der Waals surface area (Å²) in [6.07, 6.45) is -1.16. The highest BCUT2D eigenvalue weighted by Gasteiger charge is 2.34. The van der Waals surface area contributed by atoms with Gasteiger partial charge in [-0.2, -0.15) is 13.2 Å². The van der Waals surface area contributed by atoms with Crippen molar-refractivity contribution in [3.05, 3.63) is 89.5 Å². The van der Waals surface area contributed by atoms with Crippen LogP contribution in [0.25, 0.3) is 16.5 Å². The third kappa shape index (κ3) is 3.43. The molecule has 0 unspecified atom stereocenters. The summed E-state index contributed by atoms with van der Waals surface area (Å²) in [7, 11) is 0. The van der Waals surface area contributed by atoms with E-state index in [4.69, 9.17) is 0 Å². The molecule has 4 aromatic rings. The van der Waals surface area contributed by atoms with E-state index in [1.807, 2.05) is 12.1 Å². The van der Waals surface area contributed by atoms with Gasteiger partial charge in [0.25, 0.3) is 5.91 Å². The number of anilines is 1. The van der Waals surface area contributed by atoms with E-state index in [0.29, 0.717) is 22.6 Å². The summed E-state index contributed by atoms with van der Waals surface area (Å²) in [4.78, 5) is 17.1. The van der Waals surface area contributed by atoms with Gasteiger partial charge >= 0.3 is 6.18 Å². The molecule has 0 atom stereocenters. The van der Waals surface area contributed by atoms with E-state index in [1.54, 1.807) is 50.5 Å². The van der Waals surface area contributed by atoms with Crippen LogP contribution in [-0.2, 0) is 6.18 Å². The number of aromatic nitrogens is 2. The zero-order valence-corrected chi connectivity index (χ0v) is 16.3. The van der Waals surface area contributed by atoms with Gasteiger partial charge < -0.3 is 9.88 Å². The van der Waals surface area contributed by atoms with Crippen molar-refractivity contribution in [2.75, 3.05) is 5.32 Å². The lowest BCUT2D eigenvalue weighted by molar-refractivity contribution is -0.137. The van der Waals surface area contributed by atoms with E-state index in [9.17, 15) is 18.0 Å². The summed E-state index contributed by atoms with van der Waals surface area (Å²) in [5.41, 5.74) is 1.15. The molecule has 0 bridgehead atoms. The fourth-order valence-corrected chi connectivity index (χ4v) is 3.69. The van der Waals surface area contributed by atoms with Gasteiger partial charge in [-0.3, -0.25) is 9.78 Å². The molecular formula is C23H18F3N3O. The maximum atomic E-state index is 13.5. The summed E-state index contributed by atoms with van der Waals surface area (Å²) < 4.78 is 42.0. The van der Waals surface area contributed by atoms with Crippen LogP contribution in [0.3, 0.4) is 0 Å². The third-order valence-corrected chi connectivity index (χ3v) is 5.06. The highest BCUT2D eigenvalue weighted by Crippen LogP contribution is 2.35. The molecule has 152 valence electrons. The molecule has 2 aromatic heterocycles. The van der Waals surface area contributed by atoms with Gasteiger partial charge in [0.05, 0.1) is 16.8 Å². The molecule has 0 fully saturated rings. The van der Waals surface area contributed by atoms with Crippen molar-refractivity contribution < 1.29 is 18.0 Å². The lowest BCUT2D eigenvalue weighted by atomic mass is 10.1. The minimum absolute atomic E-state index is 0.00437. The van der Waals surface area contributed by atoms with Crippen molar-refractivity contribution in [2.24, 2.45) is 0 Å². The first kappa shape index (κ1) is 19.7. The van der Waals surface area contributed by atoms with Crippen molar-refractivity contribution in [1.82, 2.24) is 9.55 Å². The molecule has 0 spiro atoms. The summed E-state index contributed by atoms with van der Waals surface area (Å²) in [6, 6.07) is 14.2. The first-order chi connectivity index (χ1) is 14.3. The Kier molecular flexibility index (Phi) is 4.81. The van der Waals surface area contributed by atoms with Crippen LogP contribution in [0.2, 0.25) is 0 Å². The Bertz CT molecular complexity index is 1250. The van der Waals surface area contributed by atoms with Crippen LogP contribution in [0, 0.1) is 13.8 Å². The van der Waals surface area contributed by atoms with Crippen molar-refractivity contribution >= 4 is 22.4 Å². The van der Waals surface area contributed by atoms with Crippen LogP contribution in [-0.4, -0.2) is 15.5 Å². The summed E-state index contributed by atoms with van der Waals surface area (Å²) in [6.45, 7) is 3.32. The molecule has 0 aliphatic rings. The number of halogens is 3. The van der Waals surface area contributed by atoms with Crippen LogP contribution in [0.15, 0.2) is 67.0 Å². The second-order valence-corrected chi connectivity index (χ2v) is 6.99. The van der Waals surface area contributed by atoms with E-state index in [0.717, 1.165) is 16.8 Å². The maximum absolute atomic E-state index is 13.5. The zero-order valence-electron chi connectivity index (χ0n) is 16.3. The second-order valence-electron chi connectivity index (χ2n) is 6.99. The van der Waals surface area contributed by atoms with E-state index in [2.05, 4.69) is 10.3 Å². The molecule has 1 N–H and O–H groups in total. The van der Waals surface area contributed by atoms with Gasteiger partial charge in [-0.1, -0.05) is 24.3 Å². The summed E-state index contributed by atoms with van der Waals surface area (Å²) in [5, 5.41) is 4.58. The molecule has 0 aliphatic carbocycles. The average molecular weight is 409 g/mol. The number of hydrogen-bond acceptors (Lipinski definition) is 2. The van der Waals surface area contributed by atoms with Crippen molar-refractivity contribution in [1.29, 1.82) is 0 Å². The molecule has 1 amide bonds. The average Bonchev–Trinajstić information content (AvgIpc) is 3.01. The van der Waals surface area contributed by atoms with Gasteiger partial charge in [-0.05, 0) is 44.2 Å². The summed E-state index contributed by atoms with van der Waals surface area (Å²) >= 11 is 0. The Morgan fingerprint density at radius 2 is 1.80 bits per heavy atom. The Morgan fingerprint density at radius 3 is 2.57 bits per heavy atom. The SMILES string of the molecule is Cc1cc(C(=O)Nc2cccc3cnccc23)c(C)n1-c1ccccc1C(F)(F)F. The number of carbonyl (C=O) groups excluding carboxylic acids is 1. The summed E-state index contributed by atoms with van der Waals surface area (Å²) in [5.74, 6) is -0.386. The molecule has 0 saturated carbocycles. The number of carbonyl (C=O) groups is 1. The lowest BCUT2D eigenvalue weighted by Crippen LogP contribution is -2.15. The molecule has 4 nitrogen and oxygen atoms in total. The predicted molar refractivity (Wildman–Crippen MR) is 110 cm³/mol. The molecular weight excluding hydrogens is 391 g/mol. The first-order valence-corrected chi connectivity index (χ1v) is 9.27. The monoisotopic (exact) mass is 409 g/mol. The molecule has 0 aliphatic heterocycles. The van der Waals surface area contributed by atoms with Crippen molar-refractivity contribution in [3.8, 4) is 5.69 Å². The second kappa shape index (κ2) is 7.33. The Hall–Kier alpha value is -3.61. The van der Waals surface area contributed by atoms with Crippen LogP contribution in [0.5, 0.6) is 0 Å². The quantitative estimate of drug-likeness (QED) is 0.457. The number of aryl methyl sites for hydroxylation is 1. The van der Waals surface area contributed by atoms with Crippen molar-refractivity contribution in [2.45, 2.75) is 20.0 Å². The Balaban J connectivity index is 1.75. The van der Waals surface area contributed by atoms with Gasteiger partial charge in [0.15, 0.2) is 0 Å². The van der Waals surface area contributed by atoms with Crippen molar-refractivity contribution in [3.63, 3.8) is 0 Å². The molecule has 4 rings (SSSR count). The molecule has 2 aromatic carbocycles. The first-order valence-electron chi connectivity index (χ1n) is 9.27. The van der Waals surface area contributed by atoms with Crippen LogP contribution in [0.1, 0.15) is 27.3 Å². The minimum atomic E-state index is -4.50. The lowest BCUT2D eigenvalue weighted by Gasteiger charge is -2.17. The standard InChI is InChI=1S/C23H18F3N3O/c1-14-12-18(15(2)29(14)21-9-4-3-7-19(21)23(24,25)26)22(30)28-20-8-5-6-16-13-27-11-10-17(16)20/h3-13H,1-2H3,(H,28,30).